The van der Waals surface area contributed by atoms with Gasteiger partial charge in [-0.3, -0.25) is 0 Å². The normalized spacial score (nSPS) is 16.3. The molecule has 21 heavy (non-hydrogen) atoms. The smallest absolute Gasteiger partial charge is 0.243 e. The Hall–Kier alpha value is -0.910. The summed E-state index contributed by atoms with van der Waals surface area (Å²) in [7, 11) is -3.56. The van der Waals surface area contributed by atoms with Crippen LogP contribution in [-0.4, -0.2) is 37.0 Å². The Morgan fingerprint density at radius 1 is 1.14 bits per heavy atom. The lowest BCUT2D eigenvalue weighted by atomic mass is 9.93. The lowest BCUT2D eigenvalue weighted by molar-refractivity contribution is 0.178. The monoisotopic (exact) mass is 311 g/mol. The van der Waals surface area contributed by atoms with Gasteiger partial charge in [-0.15, -0.1) is 0 Å². The van der Waals surface area contributed by atoms with Crippen LogP contribution in [0.25, 0.3) is 0 Å². The molecule has 0 aromatic heterocycles. The van der Waals surface area contributed by atoms with Gasteiger partial charge in [0.25, 0.3) is 0 Å². The standard InChI is InChI=1S/C16H25NO3S/c1-11-10-12(2)14(4)16(13(11)3)21(19,20)17(8-9-18)15-6-5-7-15/h10,15,18H,5-9H2,1-4H3. The number of aryl methyl sites for hydroxylation is 2. The van der Waals surface area contributed by atoms with Crippen molar-refractivity contribution in [1.29, 1.82) is 0 Å². The molecule has 1 aliphatic carbocycles. The van der Waals surface area contributed by atoms with Gasteiger partial charge in [-0.05, 0) is 62.8 Å². The van der Waals surface area contributed by atoms with Gasteiger partial charge in [0, 0.05) is 12.6 Å². The summed E-state index contributed by atoms with van der Waals surface area (Å²) in [6.07, 6.45) is 2.84. The highest BCUT2D eigenvalue weighted by Crippen LogP contribution is 2.34. The molecule has 1 aromatic rings. The van der Waals surface area contributed by atoms with Gasteiger partial charge in [-0.2, -0.15) is 4.31 Å². The van der Waals surface area contributed by atoms with E-state index in [-0.39, 0.29) is 19.2 Å². The van der Waals surface area contributed by atoms with Crippen molar-refractivity contribution in [2.45, 2.75) is 57.9 Å². The molecule has 1 saturated carbocycles. The van der Waals surface area contributed by atoms with Gasteiger partial charge in [0.15, 0.2) is 0 Å². The van der Waals surface area contributed by atoms with Crippen LogP contribution in [0.5, 0.6) is 0 Å². The average molecular weight is 311 g/mol. The average Bonchev–Trinajstić information content (AvgIpc) is 2.34. The number of aliphatic hydroxyl groups is 1. The highest BCUT2D eigenvalue weighted by Gasteiger charge is 2.36. The van der Waals surface area contributed by atoms with Crippen molar-refractivity contribution in [2.24, 2.45) is 0 Å². The van der Waals surface area contributed by atoms with Crippen molar-refractivity contribution >= 4 is 10.0 Å². The van der Waals surface area contributed by atoms with Crippen LogP contribution in [0, 0.1) is 27.7 Å². The molecule has 0 aliphatic heterocycles. The molecule has 0 unspecified atom stereocenters. The lowest BCUT2D eigenvalue weighted by Gasteiger charge is -2.37. The molecule has 1 aromatic carbocycles. The molecule has 118 valence electrons. The second kappa shape index (κ2) is 6.07. The maximum Gasteiger partial charge on any atom is 0.243 e. The predicted octanol–water partition coefficient (Wildman–Crippen LogP) is 2.46. The number of sulfonamides is 1. The van der Waals surface area contributed by atoms with Crippen LogP contribution in [0.15, 0.2) is 11.0 Å². The zero-order valence-corrected chi connectivity index (χ0v) is 14.1. The molecule has 0 spiro atoms. The molecule has 0 atom stereocenters. The Labute approximate surface area is 127 Å². The van der Waals surface area contributed by atoms with Gasteiger partial charge < -0.3 is 5.11 Å². The Morgan fingerprint density at radius 2 is 1.67 bits per heavy atom. The highest BCUT2D eigenvalue weighted by molar-refractivity contribution is 7.89. The zero-order valence-electron chi connectivity index (χ0n) is 13.3. The first kappa shape index (κ1) is 16.5. The fourth-order valence-electron chi connectivity index (χ4n) is 2.96. The molecule has 5 heteroatoms. The predicted molar refractivity (Wildman–Crippen MR) is 84.0 cm³/mol. The minimum atomic E-state index is -3.56. The minimum Gasteiger partial charge on any atom is -0.395 e. The Bertz CT molecular complexity index is 607. The van der Waals surface area contributed by atoms with E-state index in [1.807, 2.05) is 33.8 Å². The first-order valence-electron chi connectivity index (χ1n) is 7.50. The summed E-state index contributed by atoms with van der Waals surface area (Å²) in [5, 5.41) is 9.26. The summed E-state index contributed by atoms with van der Waals surface area (Å²) in [6, 6.07) is 2.07. The summed E-state index contributed by atoms with van der Waals surface area (Å²) in [4.78, 5) is 0.431. The van der Waals surface area contributed by atoms with E-state index < -0.39 is 10.0 Å². The van der Waals surface area contributed by atoms with E-state index in [0.29, 0.717) is 4.90 Å². The number of hydrogen-bond acceptors (Lipinski definition) is 3. The second-order valence-electron chi connectivity index (χ2n) is 6.01. The third kappa shape index (κ3) is 2.87. The van der Waals surface area contributed by atoms with E-state index in [2.05, 4.69) is 0 Å². The van der Waals surface area contributed by atoms with Crippen LogP contribution in [0.2, 0.25) is 0 Å². The zero-order chi connectivity index (χ0) is 15.8. The van der Waals surface area contributed by atoms with Crippen molar-refractivity contribution in [1.82, 2.24) is 4.31 Å². The van der Waals surface area contributed by atoms with E-state index in [1.54, 1.807) is 0 Å². The summed E-state index contributed by atoms with van der Waals surface area (Å²) in [5.74, 6) is 0. The number of aliphatic hydroxyl groups excluding tert-OH is 1. The van der Waals surface area contributed by atoms with E-state index >= 15 is 0 Å². The van der Waals surface area contributed by atoms with Gasteiger partial charge in [-0.25, -0.2) is 8.42 Å². The maximum atomic E-state index is 13.1. The molecule has 1 fully saturated rings. The van der Waals surface area contributed by atoms with Crippen LogP contribution in [0.1, 0.15) is 41.5 Å². The summed E-state index contributed by atoms with van der Waals surface area (Å²) >= 11 is 0. The van der Waals surface area contributed by atoms with Gasteiger partial charge in [0.05, 0.1) is 11.5 Å². The molecule has 2 rings (SSSR count). The van der Waals surface area contributed by atoms with Crippen LogP contribution in [0.4, 0.5) is 0 Å². The highest BCUT2D eigenvalue weighted by atomic mass is 32.2. The topological polar surface area (TPSA) is 57.6 Å². The molecule has 0 heterocycles. The van der Waals surface area contributed by atoms with Crippen molar-refractivity contribution in [3.63, 3.8) is 0 Å². The molecular formula is C16H25NO3S. The van der Waals surface area contributed by atoms with Crippen molar-refractivity contribution in [3.05, 3.63) is 28.3 Å². The van der Waals surface area contributed by atoms with E-state index in [9.17, 15) is 13.5 Å². The maximum absolute atomic E-state index is 13.1. The fraction of sp³-hybridized carbons (Fsp3) is 0.625. The van der Waals surface area contributed by atoms with Crippen LogP contribution >= 0.6 is 0 Å². The number of rotatable bonds is 5. The van der Waals surface area contributed by atoms with Crippen molar-refractivity contribution in [3.8, 4) is 0 Å². The molecule has 0 saturated heterocycles. The largest absolute Gasteiger partial charge is 0.395 e. The van der Waals surface area contributed by atoms with Crippen LogP contribution in [-0.2, 0) is 10.0 Å². The molecule has 1 aliphatic rings. The quantitative estimate of drug-likeness (QED) is 0.909. The summed E-state index contributed by atoms with van der Waals surface area (Å²) in [5.41, 5.74) is 3.63. The number of benzene rings is 1. The molecule has 4 nitrogen and oxygen atoms in total. The molecule has 0 bridgehead atoms. The molecule has 1 N–H and O–H groups in total. The van der Waals surface area contributed by atoms with Crippen molar-refractivity contribution in [2.75, 3.05) is 13.2 Å². The molecule has 0 amide bonds. The molecular weight excluding hydrogens is 286 g/mol. The van der Waals surface area contributed by atoms with Gasteiger partial charge >= 0.3 is 0 Å². The van der Waals surface area contributed by atoms with E-state index in [1.165, 1.54) is 4.31 Å². The SMILES string of the molecule is Cc1cc(C)c(C)c(S(=O)(=O)N(CCO)C2CCC2)c1C. The first-order valence-corrected chi connectivity index (χ1v) is 8.94. The van der Waals surface area contributed by atoms with E-state index in [4.69, 9.17) is 0 Å². The summed E-state index contributed by atoms with van der Waals surface area (Å²) in [6.45, 7) is 7.66. The first-order chi connectivity index (χ1) is 9.80. The number of nitrogens with zero attached hydrogens (tertiary/aromatic N) is 1. The van der Waals surface area contributed by atoms with E-state index in [0.717, 1.165) is 41.5 Å². The Morgan fingerprint density at radius 3 is 2.05 bits per heavy atom. The van der Waals surface area contributed by atoms with Crippen molar-refractivity contribution < 1.29 is 13.5 Å². The number of hydrogen-bond donors (Lipinski definition) is 1. The minimum absolute atomic E-state index is 0.0433. The van der Waals surface area contributed by atoms with Gasteiger partial charge in [0.1, 0.15) is 0 Å². The molecule has 0 radical (unpaired) electrons. The summed E-state index contributed by atoms with van der Waals surface area (Å²) < 4.78 is 27.7. The Balaban J connectivity index is 2.57. The Kier molecular flexibility index (Phi) is 4.76. The third-order valence-electron chi connectivity index (χ3n) is 4.67. The lowest BCUT2D eigenvalue weighted by Crippen LogP contribution is -2.46. The third-order valence-corrected chi connectivity index (χ3v) is 6.89. The van der Waals surface area contributed by atoms with Crippen LogP contribution in [0.3, 0.4) is 0 Å². The van der Waals surface area contributed by atoms with Crippen LogP contribution < -0.4 is 0 Å². The fourth-order valence-corrected chi connectivity index (χ4v) is 5.21. The van der Waals surface area contributed by atoms with Gasteiger partial charge in [0.2, 0.25) is 10.0 Å². The second-order valence-corrected chi connectivity index (χ2v) is 7.84. The van der Waals surface area contributed by atoms with Gasteiger partial charge in [-0.1, -0.05) is 12.5 Å².